The number of carbonyl (C=O) groups is 2. The van der Waals surface area contributed by atoms with Gasteiger partial charge < -0.3 is 4.74 Å². The van der Waals surface area contributed by atoms with E-state index in [0.29, 0.717) is 21.9 Å². The Morgan fingerprint density at radius 1 is 1.14 bits per heavy atom. The average molecular weight is 301 g/mol. The predicted octanol–water partition coefficient (Wildman–Crippen LogP) is 3.95. The Balaban J connectivity index is 1.84. The van der Waals surface area contributed by atoms with Crippen molar-refractivity contribution >= 4 is 23.2 Å². The second-order valence-corrected chi connectivity index (χ2v) is 5.70. The molecule has 1 atom stereocenters. The topological polar surface area (TPSA) is 43.4 Å². The molecule has 2 aromatic rings. The van der Waals surface area contributed by atoms with E-state index in [0.717, 1.165) is 0 Å². The molecule has 2 aromatic carbocycles. The largest absolute Gasteiger partial charge is 0.478 e. The summed E-state index contributed by atoms with van der Waals surface area (Å²) in [5.41, 5.74) is -0.0858. The highest BCUT2D eigenvalue weighted by molar-refractivity contribution is 6.30. The van der Waals surface area contributed by atoms with E-state index in [-0.39, 0.29) is 18.0 Å². The molecule has 0 saturated carbocycles. The number of hydrogen-bond acceptors (Lipinski definition) is 3. The van der Waals surface area contributed by atoms with Crippen molar-refractivity contribution in [3.8, 4) is 5.75 Å². The summed E-state index contributed by atoms with van der Waals surface area (Å²) in [6.07, 6.45) is 0.00213. The van der Waals surface area contributed by atoms with Crippen LogP contribution in [0.1, 0.15) is 34.1 Å². The molecule has 1 heterocycles. The first-order chi connectivity index (χ1) is 9.99. The van der Waals surface area contributed by atoms with Gasteiger partial charge in [-0.05, 0) is 43.3 Å². The number of ether oxygens (including phenoxy) is 1. The summed E-state index contributed by atoms with van der Waals surface area (Å²) in [7, 11) is 0. The molecular weight excluding hydrogens is 288 g/mol. The van der Waals surface area contributed by atoms with Crippen LogP contribution in [-0.4, -0.2) is 17.2 Å². The van der Waals surface area contributed by atoms with Crippen LogP contribution in [0, 0.1) is 0 Å². The third-order valence-electron chi connectivity index (χ3n) is 3.61. The number of fused-ring (bicyclic) bond motifs is 1. The van der Waals surface area contributed by atoms with Crippen molar-refractivity contribution in [2.45, 2.75) is 18.9 Å². The second kappa shape index (κ2) is 5.01. The van der Waals surface area contributed by atoms with Crippen LogP contribution in [0.3, 0.4) is 0 Å². The molecule has 0 fully saturated rings. The Morgan fingerprint density at radius 3 is 2.48 bits per heavy atom. The fourth-order valence-corrected chi connectivity index (χ4v) is 2.60. The average Bonchev–Trinajstić information content (AvgIpc) is 2.71. The number of para-hydroxylation sites is 1. The molecule has 0 aromatic heterocycles. The summed E-state index contributed by atoms with van der Waals surface area (Å²) in [5.74, 6) is 0.240. The van der Waals surface area contributed by atoms with Crippen molar-refractivity contribution in [1.29, 1.82) is 0 Å². The van der Waals surface area contributed by atoms with Gasteiger partial charge in [0.2, 0.25) is 5.78 Å². The number of carbonyl (C=O) groups excluding carboxylic acids is 2. The van der Waals surface area contributed by atoms with Gasteiger partial charge in [0.25, 0.3) is 0 Å². The molecule has 1 aliphatic heterocycles. The Morgan fingerprint density at radius 2 is 1.81 bits per heavy atom. The van der Waals surface area contributed by atoms with Gasteiger partial charge in [-0.3, -0.25) is 9.59 Å². The molecule has 0 N–H and O–H groups in total. The molecule has 0 saturated heterocycles. The quantitative estimate of drug-likeness (QED) is 0.806. The van der Waals surface area contributed by atoms with E-state index in [9.17, 15) is 9.59 Å². The zero-order valence-corrected chi connectivity index (χ0v) is 12.2. The number of rotatable bonds is 3. The molecule has 3 rings (SSSR count). The summed E-state index contributed by atoms with van der Waals surface area (Å²) < 4.78 is 5.73. The number of hydrogen-bond donors (Lipinski definition) is 0. The SMILES string of the molecule is CC1(CC(=O)c2ccc(Cl)cc2)Oc2ccccc2C1=O. The molecule has 0 aliphatic carbocycles. The summed E-state index contributed by atoms with van der Waals surface area (Å²) in [6, 6.07) is 13.7. The third-order valence-corrected chi connectivity index (χ3v) is 3.86. The maximum Gasteiger partial charge on any atom is 0.210 e. The van der Waals surface area contributed by atoms with Crippen molar-refractivity contribution in [3.63, 3.8) is 0 Å². The predicted molar refractivity (Wildman–Crippen MR) is 80.2 cm³/mol. The fraction of sp³-hybridized carbons (Fsp3) is 0.176. The third kappa shape index (κ3) is 2.45. The first kappa shape index (κ1) is 13.8. The lowest BCUT2D eigenvalue weighted by molar-refractivity contribution is 0.0553. The Hall–Kier alpha value is -2.13. The van der Waals surface area contributed by atoms with E-state index in [2.05, 4.69) is 0 Å². The summed E-state index contributed by atoms with van der Waals surface area (Å²) >= 11 is 5.81. The minimum Gasteiger partial charge on any atom is -0.478 e. The standard InChI is InChI=1S/C17H13ClO3/c1-17(10-14(19)11-6-8-12(18)9-7-11)16(20)13-4-2-3-5-15(13)21-17/h2-9H,10H2,1H3. The van der Waals surface area contributed by atoms with Gasteiger partial charge in [0.05, 0.1) is 12.0 Å². The molecule has 0 spiro atoms. The first-order valence-electron chi connectivity index (χ1n) is 6.61. The van der Waals surface area contributed by atoms with Crippen LogP contribution in [0.4, 0.5) is 0 Å². The summed E-state index contributed by atoms with van der Waals surface area (Å²) in [5, 5.41) is 0.568. The Bertz CT molecular complexity index is 721. The molecule has 0 amide bonds. The highest BCUT2D eigenvalue weighted by Gasteiger charge is 2.45. The van der Waals surface area contributed by atoms with Crippen LogP contribution in [0.25, 0.3) is 0 Å². The molecule has 3 nitrogen and oxygen atoms in total. The van der Waals surface area contributed by atoms with Crippen molar-refractivity contribution in [1.82, 2.24) is 0 Å². The number of ketones is 2. The molecule has 106 valence electrons. The van der Waals surface area contributed by atoms with Gasteiger partial charge in [-0.25, -0.2) is 0 Å². The van der Waals surface area contributed by atoms with E-state index < -0.39 is 5.60 Å². The van der Waals surface area contributed by atoms with Gasteiger partial charge in [-0.2, -0.15) is 0 Å². The number of Topliss-reactive ketones (excluding diaryl/α,β-unsaturated/α-hetero) is 2. The van der Waals surface area contributed by atoms with E-state index in [1.807, 2.05) is 0 Å². The zero-order chi connectivity index (χ0) is 15.0. The highest BCUT2D eigenvalue weighted by atomic mass is 35.5. The summed E-state index contributed by atoms with van der Waals surface area (Å²) in [6.45, 7) is 1.66. The van der Waals surface area contributed by atoms with Crippen molar-refractivity contribution in [3.05, 3.63) is 64.7 Å². The maximum atomic E-state index is 12.4. The number of halogens is 1. The Kier molecular flexibility index (Phi) is 3.30. The van der Waals surface area contributed by atoms with Gasteiger partial charge >= 0.3 is 0 Å². The van der Waals surface area contributed by atoms with Crippen LogP contribution in [-0.2, 0) is 0 Å². The molecule has 4 heteroatoms. The minimum absolute atomic E-state index is 0.00213. The van der Waals surface area contributed by atoms with Gasteiger partial charge in [0.1, 0.15) is 5.75 Å². The normalized spacial score (nSPS) is 20.0. The van der Waals surface area contributed by atoms with Gasteiger partial charge in [-0.15, -0.1) is 0 Å². The monoisotopic (exact) mass is 300 g/mol. The first-order valence-corrected chi connectivity index (χ1v) is 6.99. The van der Waals surface area contributed by atoms with E-state index in [1.54, 1.807) is 55.5 Å². The highest BCUT2D eigenvalue weighted by Crippen LogP contribution is 2.37. The van der Waals surface area contributed by atoms with Crippen LogP contribution in [0.5, 0.6) is 5.75 Å². The molecule has 1 aliphatic rings. The molecule has 1 unspecified atom stereocenters. The maximum absolute atomic E-state index is 12.4. The lowest BCUT2D eigenvalue weighted by Crippen LogP contribution is -2.38. The van der Waals surface area contributed by atoms with E-state index in [4.69, 9.17) is 16.3 Å². The molecule has 0 bridgehead atoms. The fourth-order valence-electron chi connectivity index (χ4n) is 2.48. The van der Waals surface area contributed by atoms with Crippen LogP contribution >= 0.6 is 11.6 Å². The lowest BCUT2D eigenvalue weighted by atomic mass is 9.90. The molecular formula is C17H13ClO3. The van der Waals surface area contributed by atoms with Crippen molar-refractivity contribution < 1.29 is 14.3 Å². The summed E-state index contributed by atoms with van der Waals surface area (Å²) in [4.78, 5) is 24.8. The minimum atomic E-state index is -1.14. The van der Waals surface area contributed by atoms with E-state index >= 15 is 0 Å². The van der Waals surface area contributed by atoms with Crippen LogP contribution in [0.15, 0.2) is 48.5 Å². The van der Waals surface area contributed by atoms with Gasteiger partial charge in [0, 0.05) is 10.6 Å². The van der Waals surface area contributed by atoms with Gasteiger partial charge in [-0.1, -0.05) is 23.7 Å². The van der Waals surface area contributed by atoms with Crippen LogP contribution in [0.2, 0.25) is 5.02 Å². The molecule has 0 radical (unpaired) electrons. The smallest absolute Gasteiger partial charge is 0.210 e. The van der Waals surface area contributed by atoms with Crippen molar-refractivity contribution in [2.24, 2.45) is 0 Å². The van der Waals surface area contributed by atoms with Crippen LogP contribution < -0.4 is 4.74 Å². The van der Waals surface area contributed by atoms with E-state index in [1.165, 1.54) is 0 Å². The number of benzene rings is 2. The Labute approximate surface area is 127 Å². The van der Waals surface area contributed by atoms with Gasteiger partial charge in [0.15, 0.2) is 11.4 Å². The zero-order valence-electron chi connectivity index (χ0n) is 11.4. The molecule has 21 heavy (non-hydrogen) atoms. The van der Waals surface area contributed by atoms with Crippen molar-refractivity contribution in [2.75, 3.05) is 0 Å². The lowest BCUT2D eigenvalue weighted by Gasteiger charge is -2.21. The second-order valence-electron chi connectivity index (χ2n) is 5.27.